The van der Waals surface area contributed by atoms with Crippen molar-refractivity contribution < 1.29 is 19.4 Å². The Kier molecular flexibility index (Phi) is 4.45. The van der Waals surface area contributed by atoms with Gasteiger partial charge in [0.05, 0.1) is 12.0 Å². The van der Waals surface area contributed by atoms with E-state index in [2.05, 4.69) is 0 Å². The van der Waals surface area contributed by atoms with E-state index in [4.69, 9.17) is 9.84 Å². The Morgan fingerprint density at radius 1 is 1.32 bits per heavy atom. The van der Waals surface area contributed by atoms with E-state index in [1.165, 1.54) is 0 Å². The summed E-state index contributed by atoms with van der Waals surface area (Å²) in [5.74, 6) is -0.609. The predicted octanol–water partition coefficient (Wildman–Crippen LogP) is 1.37. The number of nitrogens with zero attached hydrogens (tertiary/aromatic N) is 1. The summed E-state index contributed by atoms with van der Waals surface area (Å²) in [6, 6.07) is 0. The van der Waals surface area contributed by atoms with E-state index in [0.717, 1.165) is 19.4 Å². The molecule has 0 aromatic rings. The Balaban J connectivity index is 1.75. The van der Waals surface area contributed by atoms with E-state index in [-0.39, 0.29) is 11.8 Å². The van der Waals surface area contributed by atoms with Gasteiger partial charge >= 0.3 is 5.97 Å². The van der Waals surface area contributed by atoms with Gasteiger partial charge in [0, 0.05) is 26.1 Å². The van der Waals surface area contributed by atoms with Crippen LogP contribution in [-0.2, 0) is 14.3 Å². The molecule has 0 radical (unpaired) electrons. The number of carboxylic acid groups (broad SMARTS) is 1. The Bertz CT molecular complexity index is 351. The van der Waals surface area contributed by atoms with Crippen molar-refractivity contribution in [3.8, 4) is 0 Å². The third-order valence-corrected chi connectivity index (χ3v) is 4.34. The van der Waals surface area contributed by atoms with Gasteiger partial charge < -0.3 is 14.7 Å². The quantitative estimate of drug-likeness (QED) is 0.818. The SMILES string of the molecule is CCOC1CC(CC(=O)N2C[C@@H](C)[C@H](C(=O)O)C2)C1. The molecule has 0 aromatic heterocycles. The molecule has 1 aliphatic carbocycles. The molecule has 2 atom stereocenters. The Labute approximate surface area is 113 Å². The molecule has 1 saturated heterocycles. The maximum absolute atomic E-state index is 12.1. The van der Waals surface area contributed by atoms with Crippen LogP contribution >= 0.6 is 0 Å². The summed E-state index contributed by atoms with van der Waals surface area (Å²) >= 11 is 0. The molecule has 1 saturated carbocycles. The fourth-order valence-corrected chi connectivity index (χ4v) is 3.08. The standard InChI is InChI=1S/C14H23NO4/c1-3-19-11-4-10(5-11)6-13(16)15-7-9(2)12(8-15)14(17)18/h9-12H,3-8H2,1-2H3,(H,17,18)/t9-,10?,11?,12-/m1/s1. The molecule has 1 N–H and O–H groups in total. The number of carbonyl (C=O) groups is 2. The molecule has 2 aliphatic rings. The maximum Gasteiger partial charge on any atom is 0.308 e. The number of hydrogen-bond donors (Lipinski definition) is 1. The van der Waals surface area contributed by atoms with E-state index < -0.39 is 11.9 Å². The first kappa shape index (κ1) is 14.3. The summed E-state index contributed by atoms with van der Waals surface area (Å²) in [4.78, 5) is 24.9. The third-order valence-electron chi connectivity index (χ3n) is 4.34. The monoisotopic (exact) mass is 269 g/mol. The number of carbonyl (C=O) groups excluding carboxylic acids is 1. The van der Waals surface area contributed by atoms with Gasteiger partial charge in [-0.25, -0.2) is 0 Å². The zero-order valence-electron chi connectivity index (χ0n) is 11.7. The van der Waals surface area contributed by atoms with Crippen LogP contribution < -0.4 is 0 Å². The van der Waals surface area contributed by atoms with Crippen LogP contribution in [0.2, 0.25) is 0 Å². The van der Waals surface area contributed by atoms with E-state index >= 15 is 0 Å². The van der Waals surface area contributed by atoms with Crippen molar-refractivity contribution in [1.29, 1.82) is 0 Å². The van der Waals surface area contributed by atoms with Crippen LogP contribution in [0.5, 0.6) is 0 Å². The molecule has 2 rings (SSSR count). The van der Waals surface area contributed by atoms with Gasteiger partial charge in [0.25, 0.3) is 0 Å². The molecular weight excluding hydrogens is 246 g/mol. The van der Waals surface area contributed by atoms with Crippen LogP contribution in [0.25, 0.3) is 0 Å². The first-order chi connectivity index (χ1) is 9.01. The molecule has 0 unspecified atom stereocenters. The summed E-state index contributed by atoms with van der Waals surface area (Å²) in [6.07, 6.45) is 2.80. The minimum Gasteiger partial charge on any atom is -0.481 e. The van der Waals surface area contributed by atoms with Gasteiger partial charge in [0.2, 0.25) is 5.91 Å². The largest absolute Gasteiger partial charge is 0.481 e. The lowest BCUT2D eigenvalue weighted by Crippen LogP contribution is -2.37. The molecule has 2 fully saturated rings. The van der Waals surface area contributed by atoms with Crippen LogP contribution in [0, 0.1) is 17.8 Å². The van der Waals surface area contributed by atoms with Crippen molar-refractivity contribution in [3.63, 3.8) is 0 Å². The first-order valence-electron chi connectivity index (χ1n) is 7.13. The number of ether oxygens (including phenoxy) is 1. The van der Waals surface area contributed by atoms with Crippen molar-refractivity contribution in [2.45, 2.75) is 39.2 Å². The van der Waals surface area contributed by atoms with E-state index in [0.29, 0.717) is 31.5 Å². The Hall–Kier alpha value is -1.10. The first-order valence-corrected chi connectivity index (χ1v) is 7.13. The van der Waals surface area contributed by atoms with Crippen molar-refractivity contribution in [1.82, 2.24) is 4.90 Å². The number of rotatable bonds is 5. The summed E-state index contributed by atoms with van der Waals surface area (Å²) in [5.41, 5.74) is 0. The highest BCUT2D eigenvalue weighted by Gasteiger charge is 2.38. The lowest BCUT2D eigenvalue weighted by molar-refractivity contribution is -0.142. The highest BCUT2D eigenvalue weighted by molar-refractivity contribution is 5.79. The van der Waals surface area contributed by atoms with Gasteiger partial charge in [-0.1, -0.05) is 6.92 Å². The van der Waals surface area contributed by atoms with Gasteiger partial charge in [-0.3, -0.25) is 9.59 Å². The van der Waals surface area contributed by atoms with Gasteiger partial charge in [-0.2, -0.15) is 0 Å². The van der Waals surface area contributed by atoms with E-state index in [9.17, 15) is 9.59 Å². The molecule has 108 valence electrons. The minimum absolute atomic E-state index is 0.0546. The predicted molar refractivity (Wildman–Crippen MR) is 69.6 cm³/mol. The molecule has 0 spiro atoms. The van der Waals surface area contributed by atoms with Gasteiger partial charge in [0.1, 0.15) is 0 Å². The van der Waals surface area contributed by atoms with Crippen LogP contribution in [-0.4, -0.2) is 47.7 Å². The highest BCUT2D eigenvalue weighted by atomic mass is 16.5. The second-order valence-electron chi connectivity index (χ2n) is 5.84. The smallest absolute Gasteiger partial charge is 0.308 e. The summed E-state index contributed by atoms with van der Waals surface area (Å²) in [7, 11) is 0. The van der Waals surface area contributed by atoms with Crippen LogP contribution in [0.1, 0.15) is 33.1 Å². The normalized spacial score (nSPS) is 34.1. The second-order valence-corrected chi connectivity index (χ2v) is 5.84. The van der Waals surface area contributed by atoms with Crippen LogP contribution in [0.3, 0.4) is 0 Å². The zero-order chi connectivity index (χ0) is 14.0. The fourth-order valence-electron chi connectivity index (χ4n) is 3.08. The van der Waals surface area contributed by atoms with E-state index in [1.807, 2.05) is 13.8 Å². The van der Waals surface area contributed by atoms with Gasteiger partial charge in [0.15, 0.2) is 0 Å². The molecule has 1 aliphatic heterocycles. The number of aliphatic carboxylic acids is 1. The van der Waals surface area contributed by atoms with Gasteiger partial charge in [-0.05, 0) is 31.6 Å². The number of likely N-dealkylation sites (tertiary alicyclic amines) is 1. The topological polar surface area (TPSA) is 66.8 Å². The Morgan fingerprint density at radius 2 is 2.00 bits per heavy atom. The Morgan fingerprint density at radius 3 is 2.53 bits per heavy atom. The average molecular weight is 269 g/mol. The van der Waals surface area contributed by atoms with Gasteiger partial charge in [-0.15, -0.1) is 0 Å². The summed E-state index contributed by atoms with van der Waals surface area (Å²) in [6.45, 7) is 5.57. The fraction of sp³-hybridized carbons (Fsp3) is 0.857. The number of carboxylic acids is 1. The van der Waals surface area contributed by atoms with Crippen molar-refractivity contribution in [2.24, 2.45) is 17.8 Å². The molecule has 1 heterocycles. The second kappa shape index (κ2) is 5.90. The number of amides is 1. The lowest BCUT2D eigenvalue weighted by Gasteiger charge is -2.35. The van der Waals surface area contributed by atoms with Crippen LogP contribution in [0.4, 0.5) is 0 Å². The van der Waals surface area contributed by atoms with Crippen molar-refractivity contribution in [3.05, 3.63) is 0 Å². The molecule has 0 bridgehead atoms. The minimum atomic E-state index is -0.789. The molecule has 0 aromatic carbocycles. The van der Waals surface area contributed by atoms with Crippen molar-refractivity contribution in [2.75, 3.05) is 19.7 Å². The lowest BCUT2D eigenvalue weighted by atomic mass is 9.80. The third kappa shape index (κ3) is 3.26. The van der Waals surface area contributed by atoms with Crippen LogP contribution in [0.15, 0.2) is 0 Å². The summed E-state index contributed by atoms with van der Waals surface area (Å²) < 4.78 is 5.48. The number of hydrogen-bond acceptors (Lipinski definition) is 3. The maximum atomic E-state index is 12.1. The molecule has 1 amide bonds. The van der Waals surface area contributed by atoms with E-state index in [1.54, 1.807) is 4.90 Å². The highest BCUT2D eigenvalue weighted by Crippen LogP contribution is 2.34. The summed E-state index contributed by atoms with van der Waals surface area (Å²) in [5, 5.41) is 9.06. The average Bonchev–Trinajstić information content (AvgIpc) is 2.68. The molecule has 19 heavy (non-hydrogen) atoms. The molecule has 5 heteroatoms. The molecule has 5 nitrogen and oxygen atoms in total. The molecular formula is C14H23NO4. The zero-order valence-corrected chi connectivity index (χ0v) is 11.7. The van der Waals surface area contributed by atoms with Crippen molar-refractivity contribution >= 4 is 11.9 Å².